The number of hydrogen-bond donors (Lipinski definition) is 1. The number of carbonyl (C=O) groups is 3. The molecule has 3 rings (SSSR count). The van der Waals surface area contributed by atoms with Crippen LogP contribution in [0.1, 0.15) is 49.7 Å². The van der Waals surface area contributed by atoms with Gasteiger partial charge in [-0.3, -0.25) is 14.4 Å². The van der Waals surface area contributed by atoms with Crippen molar-refractivity contribution in [3.8, 4) is 0 Å². The summed E-state index contributed by atoms with van der Waals surface area (Å²) in [6.07, 6.45) is 2.26. The lowest BCUT2D eigenvalue weighted by atomic mass is 9.99. The molecule has 1 aliphatic heterocycles. The minimum Gasteiger partial charge on any atom is -0.342 e. The molecule has 2 aromatic rings. The van der Waals surface area contributed by atoms with E-state index in [1.807, 2.05) is 18.7 Å². The summed E-state index contributed by atoms with van der Waals surface area (Å²) in [5.41, 5.74) is 0.911. The fraction of sp³-hybridized carbons (Fsp3) is 0.478. The molecule has 1 saturated heterocycles. The zero-order chi connectivity index (χ0) is 24.1. The highest BCUT2D eigenvalue weighted by molar-refractivity contribution is 7.13. The average molecular weight is 511 g/mol. The van der Waals surface area contributed by atoms with Gasteiger partial charge in [0.15, 0.2) is 5.13 Å². The smallest absolute Gasteiger partial charge is 0.256 e. The molecular formula is C23H28Cl2N4O3S. The number of rotatable bonds is 7. The summed E-state index contributed by atoms with van der Waals surface area (Å²) in [5, 5.41) is 5.57. The van der Waals surface area contributed by atoms with Crippen LogP contribution in [-0.4, -0.2) is 58.2 Å². The monoisotopic (exact) mass is 510 g/mol. The number of amides is 3. The molecule has 0 unspecified atom stereocenters. The first-order valence-electron chi connectivity index (χ1n) is 10.9. The summed E-state index contributed by atoms with van der Waals surface area (Å²) >= 11 is 13.4. The van der Waals surface area contributed by atoms with Crippen molar-refractivity contribution < 1.29 is 14.4 Å². The number of nitrogens with zero attached hydrogens (tertiary/aromatic N) is 3. The van der Waals surface area contributed by atoms with Gasteiger partial charge in [0.1, 0.15) is 6.54 Å². The Morgan fingerprint density at radius 1 is 1.24 bits per heavy atom. The van der Waals surface area contributed by atoms with Crippen molar-refractivity contribution in [3.63, 3.8) is 0 Å². The molecule has 0 bridgehead atoms. The van der Waals surface area contributed by atoms with E-state index in [1.165, 1.54) is 22.3 Å². The molecule has 1 fully saturated rings. The van der Waals surface area contributed by atoms with Gasteiger partial charge in [0.2, 0.25) is 11.8 Å². The van der Waals surface area contributed by atoms with Gasteiger partial charge in [-0.15, -0.1) is 11.3 Å². The van der Waals surface area contributed by atoms with Crippen LogP contribution in [0, 0.1) is 5.92 Å². The van der Waals surface area contributed by atoms with Gasteiger partial charge in [0, 0.05) is 29.5 Å². The van der Waals surface area contributed by atoms with Gasteiger partial charge in [-0.1, -0.05) is 30.1 Å². The second-order valence-electron chi connectivity index (χ2n) is 8.58. The third kappa shape index (κ3) is 6.91. The van der Waals surface area contributed by atoms with E-state index < -0.39 is 0 Å². The highest BCUT2D eigenvalue weighted by atomic mass is 35.5. The fourth-order valence-corrected chi connectivity index (χ4v) is 4.81. The lowest BCUT2D eigenvalue weighted by molar-refractivity contribution is -0.131. The van der Waals surface area contributed by atoms with E-state index in [0.29, 0.717) is 21.8 Å². The van der Waals surface area contributed by atoms with E-state index >= 15 is 0 Å². The van der Waals surface area contributed by atoms with E-state index in [0.717, 1.165) is 25.9 Å². The maximum atomic E-state index is 13.0. The van der Waals surface area contributed by atoms with Crippen LogP contribution in [0.4, 0.5) is 5.13 Å². The van der Waals surface area contributed by atoms with E-state index in [4.69, 9.17) is 23.2 Å². The zero-order valence-electron chi connectivity index (χ0n) is 18.9. The number of likely N-dealkylation sites (tertiary alicyclic amines) is 1. The van der Waals surface area contributed by atoms with Crippen LogP contribution in [0.25, 0.3) is 0 Å². The fourth-order valence-electron chi connectivity index (χ4n) is 3.59. The standard InChI is InChI=1S/C23H28Cl2N4O3S/c1-14(2)29(22(32)18-5-4-16(24)10-19(18)25)12-20(30)27-23-26-17(13-33-23)11-21(31)28-8-6-15(3)7-9-28/h4-5,10,13-15H,6-9,11-12H2,1-3H3,(H,26,27,30). The molecule has 3 amide bonds. The highest BCUT2D eigenvalue weighted by Crippen LogP contribution is 2.24. The first kappa shape index (κ1) is 25.5. The number of benzene rings is 1. The maximum absolute atomic E-state index is 13.0. The van der Waals surface area contributed by atoms with Gasteiger partial charge in [0.05, 0.1) is 22.7 Å². The molecular weight excluding hydrogens is 483 g/mol. The minimum absolute atomic E-state index is 0.0569. The van der Waals surface area contributed by atoms with Gasteiger partial charge in [0.25, 0.3) is 5.91 Å². The first-order chi connectivity index (χ1) is 15.6. The van der Waals surface area contributed by atoms with Crippen LogP contribution >= 0.6 is 34.5 Å². The number of thiazole rings is 1. The molecule has 1 N–H and O–H groups in total. The molecule has 178 valence electrons. The van der Waals surface area contributed by atoms with Crippen LogP contribution in [-0.2, 0) is 16.0 Å². The van der Waals surface area contributed by atoms with Gasteiger partial charge in [-0.2, -0.15) is 0 Å². The second kappa shape index (κ2) is 11.3. The largest absolute Gasteiger partial charge is 0.342 e. The number of carbonyl (C=O) groups excluding carboxylic acids is 3. The Morgan fingerprint density at radius 3 is 2.58 bits per heavy atom. The van der Waals surface area contributed by atoms with Crippen molar-refractivity contribution >= 4 is 57.4 Å². The van der Waals surface area contributed by atoms with Crippen LogP contribution in [0.2, 0.25) is 10.0 Å². The van der Waals surface area contributed by atoms with Crippen LogP contribution in [0.3, 0.4) is 0 Å². The van der Waals surface area contributed by atoms with Gasteiger partial charge in [-0.05, 0) is 50.8 Å². The summed E-state index contributed by atoms with van der Waals surface area (Å²) < 4.78 is 0. The number of halogens is 2. The Bertz CT molecular complexity index is 1020. The topological polar surface area (TPSA) is 82.6 Å². The molecule has 0 spiro atoms. The van der Waals surface area contributed by atoms with Crippen molar-refractivity contribution in [3.05, 3.63) is 44.9 Å². The quantitative estimate of drug-likeness (QED) is 0.582. The number of piperidine rings is 1. The third-order valence-corrected chi connectivity index (χ3v) is 6.98. The van der Waals surface area contributed by atoms with Crippen LogP contribution < -0.4 is 5.32 Å². The molecule has 1 aromatic carbocycles. The van der Waals surface area contributed by atoms with Crippen molar-refractivity contribution in [2.75, 3.05) is 25.0 Å². The van der Waals surface area contributed by atoms with Crippen molar-refractivity contribution in [2.24, 2.45) is 5.92 Å². The Kier molecular flexibility index (Phi) is 8.73. The molecule has 33 heavy (non-hydrogen) atoms. The van der Waals surface area contributed by atoms with Crippen molar-refractivity contribution in [1.29, 1.82) is 0 Å². The predicted octanol–water partition coefficient (Wildman–Crippen LogP) is 4.74. The van der Waals surface area contributed by atoms with Crippen LogP contribution in [0.5, 0.6) is 0 Å². The summed E-state index contributed by atoms with van der Waals surface area (Å²) in [6, 6.07) is 4.40. The lowest BCUT2D eigenvalue weighted by Crippen LogP contribution is -2.42. The van der Waals surface area contributed by atoms with E-state index in [-0.39, 0.29) is 47.3 Å². The normalized spacial score (nSPS) is 14.4. The van der Waals surface area contributed by atoms with E-state index in [1.54, 1.807) is 17.5 Å². The third-order valence-electron chi connectivity index (χ3n) is 5.63. The number of nitrogens with one attached hydrogen (secondary N) is 1. The maximum Gasteiger partial charge on any atom is 0.256 e. The predicted molar refractivity (Wildman–Crippen MR) is 132 cm³/mol. The Hall–Kier alpha value is -2.16. The highest BCUT2D eigenvalue weighted by Gasteiger charge is 2.25. The van der Waals surface area contributed by atoms with Crippen molar-refractivity contribution in [2.45, 2.75) is 46.1 Å². The molecule has 10 heteroatoms. The molecule has 1 aliphatic rings. The first-order valence-corrected chi connectivity index (χ1v) is 12.6. The summed E-state index contributed by atoms with van der Waals surface area (Å²) in [4.78, 5) is 45.8. The molecule has 0 saturated carbocycles. The van der Waals surface area contributed by atoms with Gasteiger partial charge in [-0.25, -0.2) is 4.98 Å². The SMILES string of the molecule is CC1CCN(C(=O)Cc2csc(NC(=O)CN(C(=O)c3ccc(Cl)cc3Cl)C(C)C)n2)CC1. The molecule has 1 aromatic heterocycles. The van der Waals surface area contributed by atoms with Crippen LogP contribution in [0.15, 0.2) is 23.6 Å². The molecule has 7 nitrogen and oxygen atoms in total. The van der Waals surface area contributed by atoms with E-state index in [2.05, 4.69) is 17.2 Å². The lowest BCUT2D eigenvalue weighted by Gasteiger charge is -2.30. The van der Waals surface area contributed by atoms with Gasteiger partial charge >= 0.3 is 0 Å². The molecule has 0 radical (unpaired) electrons. The molecule has 0 atom stereocenters. The summed E-state index contributed by atoms with van der Waals surface area (Å²) in [6.45, 7) is 7.26. The Labute approximate surface area is 208 Å². The Morgan fingerprint density at radius 2 is 1.94 bits per heavy atom. The van der Waals surface area contributed by atoms with E-state index in [9.17, 15) is 14.4 Å². The molecule has 0 aliphatic carbocycles. The summed E-state index contributed by atoms with van der Waals surface area (Å²) in [5.74, 6) is -0.0212. The summed E-state index contributed by atoms with van der Waals surface area (Å²) in [7, 11) is 0. The Balaban J connectivity index is 1.58. The van der Waals surface area contributed by atoms with Crippen molar-refractivity contribution in [1.82, 2.24) is 14.8 Å². The number of anilines is 1. The number of hydrogen-bond acceptors (Lipinski definition) is 5. The average Bonchev–Trinajstić information content (AvgIpc) is 3.18. The second-order valence-corrected chi connectivity index (χ2v) is 10.3. The minimum atomic E-state index is -0.376. The number of aromatic nitrogens is 1. The molecule has 2 heterocycles. The zero-order valence-corrected chi connectivity index (χ0v) is 21.3. The van der Waals surface area contributed by atoms with Gasteiger partial charge < -0.3 is 15.1 Å².